The Morgan fingerprint density at radius 1 is 1.04 bits per heavy atom. The molecule has 0 fully saturated rings. The number of amides is 1. The molecule has 0 saturated carbocycles. The second-order valence-corrected chi connectivity index (χ2v) is 5.90. The number of nitrogens with one attached hydrogen (secondary N) is 1. The SMILES string of the molecule is COc1ccc(C(NC(=O)C(C)Oc2cccc(C(C)=O)c2)C(=O)O)cc1. The lowest BCUT2D eigenvalue weighted by atomic mass is 10.1. The van der Waals surface area contributed by atoms with Gasteiger partial charge in [0.15, 0.2) is 17.9 Å². The molecule has 0 aromatic heterocycles. The zero-order valence-electron chi connectivity index (χ0n) is 15.3. The van der Waals surface area contributed by atoms with Gasteiger partial charge in [0, 0.05) is 5.56 Å². The number of carbonyl (C=O) groups is 3. The van der Waals surface area contributed by atoms with E-state index in [1.807, 2.05) is 0 Å². The molecule has 0 aliphatic rings. The van der Waals surface area contributed by atoms with E-state index in [0.29, 0.717) is 22.6 Å². The molecular weight excluding hydrogens is 350 g/mol. The van der Waals surface area contributed by atoms with Gasteiger partial charge < -0.3 is 19.9 Å². The first-order valence-corrected chi connectivity index (χ1v) is 8.26. The fraction of sp³-hybridized carbons (Fsp3) is 0.250. The third kappa shape index (κ3) is 5.31. The molecule has 0 spiro atoms. The van der Waals surface area contributed by atoms with Gasteiger partial charge in [0.05, 0.1) is 7.11 Å². The van der Waals surface area contributed by atoms with E-state index in [2.05, 4.69) is 5.32 Å². The van der Waals surface area contributed by atoms with Gasteiger partial charge in [-0.1, -0.05) is 24.3 Å². The van der Waals surface area contributed by atoms with Crippen LogP contribution in [0.15, 0.2) is 48.5 Å². The predicted octanol–water partition coefficient (Wildman–Crippen LogP) is 2.61. The number of Topliss-reactive ketones (excluding diaryl/α,β-unsaturated/α-hetero) is 1. The highest BCUT2D eigenvalue weighted by molar-refractivity contribution is 5.94. The molecule has 0 bridgehead atoms. The van der Waals surface area contributed by atoms with Gasteiger partial charge in [-0.05, 0) is 43.7 Å². The summed E-state index contributed by atoms with van der Waals surface area (Å²) in [5.74, 6) is -0.980. The van der Waals surface area contributed by atoms with Crippen LogP contribution in [0.3, 0.4) is 0 Å². The number of aliphatic carboxylic acids is 1. The summed E-state index contributed by atoms with van der Waals surface area (Å²) in [4.78, 5) is 35.4. The monoisotopic (exact) mass is 371 g/mol. The van der Waals surface area contributed by atoms with Crippen molar-refractivity contribution < 1.29 is 29.0 Å². The summed E-state index contributed by atoms with van der Waals surface area (Å²) < 4.78 is 10.6. The van der Waals surface area contributed by atoms with E-state index in [1.54, 1.807) is 42.5 Å². The van der Waals surface area contributed by atoms with Crippen molar-refractivity contribution in [2.75, 3.05) is 7.11 Å². The number of benzene rings is 2. The summed E-state index contributed by atoms with van der Waals surface area (Å²) >= 11 is 0. The molecule has 2 aromatic carbocycles. The lowest BCUT2D eigenvalue weighted by molar-refractivity contribution is -0.143. The highest BCUT2D eigenvalue weighted by Gasteiger charge is 2.25. The molecule has 142 valence electrons. The fourth-order valence-corrected chi connectivity index (χ4v) is 2.39. The molecule has 2 atom stereocenters. The topological polar surface area (TPSA) is 102 Å². The number of methoxy groups -OCH3 is 1. The maximum Gasteiger partial charge on any atom is 0.330 e. The van der Waals surface area contributed by atoms with Gasteiger partial charge in [-0.25, -0.2) is 4.79 Å². The van der Waals surface area contributed by atoms with Crippen LogP contribution in [0.25, 0.3) is 0 Å². The van der Waals surface area contributed by atoms with Crippen molar-refractivity contribution >= 4 is 17.7 Å². The third-order valence-electron chi connectivity index (χ3n) is 3.91. The maximum atomic E-state index is 12.4. The highest BCUT2D eigenvalue weighted by atomic mass is 16.5. The Kier molecular flexibility index (Phi) is 6.54. The highest BCUT2D eigenvalue weighted by Crippen LogP contribution is 2.19. The van der Waals surface area contributed by atoms with E-state index in [4.69, 9.17) is 9.47 Å². The van der Waals surface area contributed by atoms with Crippen molar-refractivity contribution in [3.8, 4) is 11.5 Å². The molecule has 7 heteroatoms. The molecule has 0 heterocycles. The van der Waals surface area contributed by atoms with E-state index in [0.717, 1.165) is 0 Å². The normalized spacial score (nSPS) is 12.6. The molecule has 2 unspecified atom stereocenters. The van der Waals surface area contributed by atoms with Crippen LogP contribution in [0.1, 0.15) is 35.8 Å². The van der Waals surface area contributed by atoms with Gasteiger partial charge in [0.1, 0.15) is 11.5 Å². The molecule has 2 rings (SSSR count). The fourth-order valence-electron chi connectivity index (χ4n) is 2.39. The number of carboxylic acids is 1. The van der Waals surface area contributed by atoms with Crippen molar-refractivity contribution in [1.29, 1.82) is 0 Å². The molecule has 0 aliphatic heterocycles. The molecule has 27 heavy (non-hydrogen) atoms. The largest absolute Gasteiger partial charge is 0.497 e. The van der Waals surface area contributed by atoms with Gasteiger partial charge in [-0.3, -0.25) is 9.59 Å². The quantitative estimate of drug-likeness (QED) is 0.692. The zero-order valence-corrected chi connectivity index (χ0v) is 15.3. The number of rotatable bonds is 8. The predicted molar refractivity (Wildman–Crippen MR) is 98.1 cm³/mol. The van der Waals surface area contributed by atoms with Crippen LogP contribution < -0.4 is 14.8 Å². The number of ketones is 1. The number of ether oxygens (including phenoxy) is 2. The van der Waals surface area contributed by atoms with Crippen molar-refractivity contribution in [1.82, 2.24) is 5.32 Å². The lowest BCUT2D eigenvalue weighted by Gasteiger charge is -2.19. The maximum absolute atomic E-state index is 12.4. The molecule has 0 radical (unpaired) electrons. The molecule has 7 nitrogen and oxygen atoms in total. The number of hydrogen-bond acceptors (Lipinski definition) is 5. The van der Waals surface area contributed by atoms with Gasteiger partial charge in [-0.15, -0.1) is 0 Å². The number of carbonyl (C=O) groups excluding carboxylic acids is 2. The van der Waals surface area contributed by atoms with E-state index in [9.17, 15) is 19.5 Å². The van der Waals surface area contributed by atoms with E-state index in [1.165, 1.54) is 27.0 Å². The van der Waals surface area contributed by atoms with Gasteiger partial charge in [-0.2, -0.15) is 0 Å². The van der Waals surface area contributed by atoms with E-state index < -0.39 is 24.0 Å². The average molecular weight is 371 g/mol. The number of hydrogen-bond donors (Lipinski definition) is 2. The van der Waals surface area contributed by atoms with Gasteiger partial charge >= 0.3 is 5.97 Å². The van der Waals surface area contributed by atoms with Crippen LogP contribution in [0, 0.1) is 0 Å². The molecule has 2 N–H and O–H groups in total. The Labute approximate surface area is 156 Å². The van der Waals surface area contributed by atoms with E-state index >= 15 is 0 Å². The molecule has 1 amide bonds. The molecule has 0 saturated heterocycles. The summed E-state index contributed by atoms with van der Waals surface area (Å²) in [6.07, 6.45) is -0.952. The van der Waals surface area contributed by atoms with Crippen LogP contribution >= 0.6 is 0 Å². The molecular formula is C20H21NO6. The summed E-state index contributed by atoms with van der Waals surface area (Å²) in [7, 11) is 1.51. The Hall–Kier alpha value is -3.35. The second kappa shape index (κ2) is 8.84. The van der Waals surface area contributed by atoms with E-state index in [-0.39, 0.29) is 5.78 Å². The molecule has 0 aliphatic carbocycles. The average Bonchev–Trinajstić information content (AvgIpc) is 2.66. The van der Waals surface area contributed by atoms with Crippen LogP contribution in [0.5, 0.6) is 11.5 Å². The van der Waals surface area contributed by atoms with Crippen molar-refractivity contribution in [3.05, 3.63) is 59.7 Å². The first kappa shape index (κ1) is 20.0. The smallest absolute Gasteiger partial charge is 0.330 e. The van der Waals surface area contributed by atoms with Crippen molar-refractivity contribution in [2.24, 2.45) is 0 Å². The molecule has 2 aromatic rings. The van der Waals surface area contributed by atoms with Crippen LogP contribution in [-0.4, -0.2) is 36.0 Å². The first-order chi connectivity index (χ1) is 12.8. The van der Waals surface area contributed by atoms with Crippen molar-refractivity contribution in [2.45, 2.75) is 26.0 Å². The summed E-state index contributed by atoms with van der Waals surface area (Å²) in [6.45, 7) is 2.93. The Morgan fingerprint density at radius 2 is 1.70 bits per heavy atom. The van der Waals surface area contributed by atoms with Crippen LogP contribution in [0.4, 0.5) is 0 Å². The van der Waals surface area contributed by atoms with Gasteiger partial charge in [0.25, 0.3) is 5.91 Å². The Bertz CT molecular complexity index is 831. The lowest BCUT2D eigenvalue weighted by Crippen LogP contribution is -2.41. The second-order valence-electron chi connectivity index (χ2n) is 5.90. The van der Waals surface area contributed by atoms with Crippen LogP contribution in [0.2, 0.25) is 0 Å². The minimum atomic E-state index is -1.22. The van der Waals surface area contributed by atoms with Crippen molar-refractivity contribution in [3.63, 3.8) is 0 Å². The summed E-state index contributed by atoms with van der Waals surface area (Å²) in [6, 6.07) is 11.6. The Balaban J connectivity index is 2.09. The third-order valence-corrected chi connectivity index (χ3v) is 3.91. The summed E-state index contributed by atoms with van der Waals surface area (Å²) in [5, 5.41) is 11.9. The summed E-state index contributed by atoms with van der Waals surface area (Å²) in [5.41, 5.74) is 0.865. The first-order valence-electron chi connectivity index (χ1n) is 8.26. The standard InChI is InChI=1S/C20H21NO6/c1-12(22)15-5-4-6-17(11-15)27-13(2)19(23)21-18(20(24)25)14-7-9-16(26-3)10-8-14/h4-11,13,18H,1-3H3,(H,21,23)(H,24,25). The minimum Gasteiger partial charge on any atom is -0.497 e. The van der Waals surface area contributed by atoms with Crippen LogP contribution in [-0.2, 0) is 9.59 Å². The Morgan fingerprint density at radius 3 is 2.26 bits per heavy atom. The van der Waals surface area contributed by atoms with Gasteiger partial charge in [0.2, 0.25) is 0 Å². The minimum absolute atomic E-state index is 0.122. The zero-order chi connectivity index (χ0) is 20.0. The number of carboxylic acid groups (broad SMARTS) is 1.